The molecular weight excluding hydrogens is 461 g/mol. The van der Waals surface area contributed by atoms with Gasteiger partial charge in [0.2, 0.25) is 10.0 Å². The highest BCUT2D eigenvalue weighted by molar-refractivity contribution is 7.88. The third-order valence-electron chi connectivity index (χ3n) is 6.31. The van der Waals surface area contributed by atoms with Crippen molar-refractivity contribution in [2.45, 2.75) is 49.9 Å². The number of sulfonamides is 1. The van der Waals surface area contributed by atoms with Gasteiger partial charge in [0.05, 0.1) is 12.3 Å². The lowest BCUT2D eigenvalue weighted by Gasteiger charge is -2.35. The molecule has 0 radical (unpaired) electrons. The van der Waals surface area contributed by atoms with E-state index < -0.39 is 21.6 Å². The monoisotopic (exact) mass is 489 g/mol. The van der Waals surface area contributed by atoms with Crippen molar-refractivity contribution in [3.63, 3.8) is 0 Å². The Balaban J connectivity index is 1.28. The van der Waals surface area contributed by atoms with Crippen LogP contribution in [0.3, 0.4) is 0 Å². The Morgan fingerprint density at radius 3 is 2.38 bits per heavy atom. The molecule has 1 saturated heterocycles. The minimum Gasteiger partial charge on any atom is -0.492 e. The number of hydrogen-bond acceptors (Lipinski definition) is 5. The predicted octanol–water partition coefficient (Wildman–Crippen LogP) is 2.87. The van der Waals surface area contributed by atoms with Gasteiger partial charge in [-0.25, -0.2) is 22.3 Å². The summed E-state index contributed by atoms with van der Waals surface area (Å²) in [6.45, 7) is 2.09. The molecule has 2 aliphatic rings. The second-order valence-electron chi connectivity index (χ2n) is 8.91. The lowest BCUT2D eigenvalue weighted by Crippen LogP contribution is -2.53. The summed E-state index contributed by atoms with van der Waals surface area (Å²) in [6, 6.07) is 12.1. The molecule has 1 heterocycles. The molecule has 8 nitrogen and oxygen atoms in total. The van der Waals surface area contributed by atoms with Gasteiger partial charge >= 0.3 is 6.03 Å². The van der Waals surface area contributed by atoms with E-state index in [1.54, 1.807) is 12.1 Å². The van der Waals surface area contributed by atoms with Crippen molar-refractivity contribution in [2.75, 3.05) is 13.2 Å². The quantitative estimate of drug-likeness (QED) is 0.555. The molecule has 1 aliphatic heterocycles. The van der Waals surface area contributed by atoms with E-state index in [1.807, 2.05) is 19.1 Å². The number of imide groups is 1. The van der Waals surface area contributed by atoms with E-state index in [-0.39, 0.29) is 36.7 Å². The van der Waals surface area contributed by atoms with Gasteiger partial charge in [-0.05, 0) is 62.4 Å². The molecule has 2 N–H and O–H groups in total. The number of nitrogens with zero attached hydrogens (tertiary/aromatic N) is 1. The number of ether oxygens (including phenoxy) is 1. The SMILES string of the molecule is Cc1ccc(CS(=O)(=O)NC2CCC3(CC2)NC(=O)N(CCOc2ccc(F)cc2)C3=O)cc1. The zero-order valence-corrected chi connectivity index (χ0v) is 19.7. The first-order valence-corrected chi connectivity index (χ1v) is 12.9. The van der Waals surface area contributed by atoms with Crippen LogP contribution in [0, 0.1) is 12.7 Å². The first-order chi connectivity index (χ1) is 16.2. The molecule has 0 bridgehead atoms. The molecule has 1 saturated carbocycles. The van der Waals surface area contributed by atoms with Gasteiger partial charge in [0.25, 0.3) is 5.91 Å². The molecule has 3 amide bonds. The first kappa shape index (κ1) is 24.2. The Morgan fingerprint density at radius 1 is 1.09 bits per heavy atom. The summed E-state index contributed by atoms with van der Waals surface area (Å²) >= 11 is 0. The van der Waals surface area contributed by atoms with E-state index >= 15 is 0 Å². The fourth-order valence-electron chi connectivity index (χ4n) is 4.43. The molecular formula is C24H28FN3O5S. The van der Waals surface area contributed by atoms with Crippen LogP contribution in [0.4, 0.5) is 9.18 Å². The largest absolute Gasteiger partial charge is 0.492 e. The van der Waals surface area contributed by atoms with Crippen LogP contribution in [0.15, 0.2) is 48.5 Å². The van der Waals surface area contributed by atoms with Gasteiger partial charge in [-0.15, -0.1) is 0 Å². The van der Waals surface area contributed by atoms with Crippen molar-refractivity contribution in [2.24, 2.45) is 0 Å². The number of aryl methyl sites for hydroxylation is 1. The van der Waals surface area contributed by atoms with Crippen molar-refractivity contribution in [3.05, 3.63) is 65.5 Å². The van der Waals surface area contributed by atoms with Crippen LogP contribution < -0.4 is 14.8 Å². The fraction of sp³-hybridized carbons (Fsp3) is 0.417. The lowest BCUT2D eigenvalue weighted by atomic mass is 9.79. The molecule has 182 valence electrons. The number of nitrogens with one attached hydrogen (secondary N) is 2. The topological polar surface area (TPSA) is 105 Å². The predicted molar refractivity (Wildman–Crippen MR) is 124 cm³/mol. The van der Waals surface area contributed by atoms with Crippen LogP contribution in [-0.4, -0.2) is 50.0 Å². The van der Waals surface area contributed by atoms with Crippen molar-refractivity contribution in [1.29, 1.82) is 0 Å². The number of urea groups is 1. The Labute approximate surface area is 198 Å². The zero-order chi connectivity index (χ0) is 24.3. The van der Waals surface area contributed by atoms with Gasteiger partial charge < -0.3 is 10.1 Å². The molecule has 0 unspecified atom stereocenters. The summed E-state index contributed by atoms with van der Waals surface area (Å²) in [4.78, 5) is 26.6. The fourth-order valence-corrected chi connectivity index (χ4v) is 5.89. The van der Waals surface area contributed by atoms with Crippen molar-refractivity contribution in [1.82, 2.24) is 14.9 Å². The maximum absolute atomic E-state index is 13.0. The highest BCUT2D eigenvalue weighted by Crippen LogP contribution is 2.34. The summed E-state index contributed by atoms with van der Waals surface area (Å²) < 4.78 is 46.4. The van der Waals surface area contributed by atoms with Gasteiger partial charge in [-0.3, -0.25) is 9.69 Å². The van der Waals surface area contributed by atoms with Gasteiger partial charge in [-0.1, -0.05) is 29.8 Å². The Bertz CT molecular complexity index is 1140. The number of benzene rings is 2. The summed E-state index contributed by atoms with van der Waals surface area (Å²) in [5.41, 5.74) is 0.763. The van der Waals surface area contributed by atoms with E-state index in [4.69, 9.17) is 4.74 Å². The summed E-state index contributed by atoms with van der Waals surface area (Å²) in [6.07, 6.45) is 1.59. The normalized spacial score (nSPS) is 22.8. The Morgan fingerprint density at radius 2 is 1.74 bits per heavy atom. The Kier molecular flexibility index (Phi) is 6.90. The summed E-state index contributed by atoms with van der Waals surface area (Å²) in [5, 5.41) is 2.81. The lowest BCUT2D eigenvalue weighted by molar-refractivity contribution is -0.132. The van der Waals surface area contributed by atoms with Crippen molar-refractivity contribution < 1.29 is 27.1 Å². The van der Waals surface area contributed by atoms with Crippen LogP contribution in [-0.2, 0) is 20.6 Å². The van der Waals surface area contributed by atoms with Gasteiger partial charge in [0.1, 0.15) is 23.7 Å². The molecule has 34 heavy (non-hydrogen) atoms. The van der Waals surface area contributed by atoms with Crippen molar-refractivity contribution in [3.8, 4) is 5.75 Å². The second kappa shape index (κ2) is 9.71. The van der Waals surface area contributed by atoms with E-state index in [0.29, 0.717) is 37.0 Å². The summed E-state index contributed by atoms with van der Waals surface area (Å²) in [5.74, 6) is -0.355. The maximum Gasteiger partial charge on any atom is 0.325 e. The molecule has 2 fully saturated rings. The second-order valence-corrected chi connectivity index (χ2v) is 10.7. The number of amides is 3. The van der Waals surface area contributed by atoms with Crippen LogP contribution in [0.1, 0.15) is 36.8 Å². The standard InChI is InChI=1S/C24H28FN3O5S/c1-17-2-4-18(5-3-17)16-34(31,32)27-20-10-12-24(13-11-20)22(29)28(23(30)26-24)14-15-33-21-8-6-19(25)7-9-21/h2-9,20,27H,10-16H2,1H3,(H,26,30). The molecule has 0 atom stereocenters. The molecule has 1 spiro atoms. The number of hydrogen-bond donors (Lipinski definition) is 2. The van der Waals surface area contributed by atoms with E-state index in [2.05, 4.69) is 10.0 Å². The van der Waals surface area contributed by atoms with Crippen LogP contribution in [0.2, 0.25) is 0 Å². The number of rotatable bonds is 8. The maximum atomic E-state index is 13.0. The molecule has 1 aliphatic carbocycles. The Hall–Kier alpha value is -2.98. The number of halogens is 1. The van der Waals surface area contributed by atoms with Crippen molar-refractivity contribution >= 4 is 22.0 Å². The first-order valence-electron chi connectivity index (χ1n) is 11.2. The smallest absolute Gasteiger partial charge is 0.325 e. The third kappa shape index (κ3) is 5.56. The molecule has 0 aromatic heterocycles. The molecule has 2 aromatic carbocycles. The van der Waals surface area contributed by atoms with Crippen LogP contribution in [0.25, 0.3) is 0 Å². The van der Waals surface area contributed by atoms with Crippen LogP contribution in [0.5, 0.6) is 5.75 Å². The molecule has 4 rings (SSSR count). The minimum absolute atomic E-state index is 0.0659. The highest BCUT2D eigenvalue weighted by atomic mass is 32.2. The van der Waals surface area contributed by atoms with Gasteiger partial charge in [0.15, 0.2) is 0 Å². The number of carbonyl (C=O) groups excluding carboxylic acids is 2. The molecule has 2 aromatic rings. The average molecular weight is 490 g/mol. The third-order valence-corrected chi connectivity index (χ3v) is 7.71. The van der Waals surface area contributed by atoms with E-state index in [0.717, 1.165) is 10.5 Å². The summed E-state index contributed by atoms with van der Waals surface area (Å²) in [7, 11) is -3.53. The van der Waals surface area contributed by atoms with E-state index in [9.17, 15) is 22.4 Å². The molecule has 10 heteroatoms. The van der Waals surface area contributed by atoms with Crippen LogP contribution >= 0.6 is 0 Å². The van der Waals surface area contributed by atoms with Gasteiger partial charge in [0, 0.05) is 6.04 Å². The van der Waals surface area contributed by atoms with Gasteiger partial charge in [-0.2, -0.15) is 0 Å². The zero-order valence-electron chi connectivity index (χ0n) is 18.9. The van der Waals surface area contributed by atoms with E-state index in [1.165, 1.54) is 24.3 Å². The average Bonchev–Trinajstić information content (AvgIpc) is 3.02. The highest BCUT2D eigenvalue weighted by Gasteiger charge is 2.52. The minimum atomic E-state index is -3.53. The number of carbonyl (C=O) groups is 2.